The topological polar surface area (TPSA) is 87.0 Å². The van der Waals surface area contributed by atoms with Gasteiger partial charge in [0.1, 0.15) is 17.3 Å². The minimum absolute atomic E-state index is 0.175. The van der Waals surface area contributed by atoms with Gasteiger partial charge in [-0.25, -0.2) is 9.80 Å². The molecule has 2 heterocycles. The van der Waals surface area contributed by atoms with E-state index in [1.807, 2.05) is 43.3 Å². The molecular formula is C23H24N4O3. The highest BCUT2D eigenvalue weighted by Gasteiger charge is 2.48. The highest BCUT2D eigenvalue weighted by atomic mass is 16.6. The molecule has 7 heteroatoms. The van der Waals surface area contributed by atoms with Gasteiger partial charge >= 0.3 is 6.09 Å². The summed E-state index contributed by atoms with van der Waals surface area (Å²) in [6.45, 7) is 3.04. The average molecular weight is 404 g/mol. The van der Waals surface area contributed by atoms with Crippen LogP contribution in [0.2, 0.25) is 0 Å². The van der Waals surface area contributed by atoms with Gasteiger partial charge < -0.3 is 9.47 Å². The third-order valence-electron chi connectivity index (χ3n) is 5.67. The molecule has 2 atom stereocenters. The van der Waals surface area contributed by atoms with E-state index in [-0.39, 0.29) is 5.92 Å². The fraction of sp³-hybridized carbons (Fsp3) is 0.348. The predicted octanol–water partition coefficient (Wildman–Crippen LogP) is 3.93. The normalized spacial score (nSPS) is 22.7. The molecule has 0 aliphatic carbocycles. The van der Waals surface area contributed by atoms with Crippen LogP contribution in [0.25, 0.3) is 0 Å². The number of para-hydroxylation sites is 2. The monoisotopic (exact) mass is 404 g/mol. The van der Waals surface area contributed by atoms with Gasteiger partial charge in [0, 0.05) is 19.1 Å². The number of ether oxygens (including phenoxy) is 2. The van der Waals surface area contributed by atoms with Crippen molar-refractivity contribution in [2.45, 2.75) is 25.9 Å². The zero-order valence-electron chi connectivity index (χ0n) is 16.8. The van der Waals surface area contributed by atoms with Gasteiger partial charge in [-0.05, 0) is 37.1 Å². The van der Waals surface area contributed by atoms with Crippen LogP contribution >= 0.6 is 0 Å². The Morgan fingerprint density at radius 3 is 2.43 bits per heavy atom. The molecular weight excluding hydrogens is 380 g/mol. The minimum atomic E-state index is -0.690. The molecule has 2 aromatic rings. The number of hydrogen-bond donors (Lipinski definition) is 1. The maximum Gasteiger partial charge on any atom is 0.414 e. The Bertz CT molecular complexity index is 949. The lowest BCUT2D eigenvalue weighted by Gasteiger charge is -2.33. The molecule has 154 valence electrons. The number of nitriles is 1. The number of anilines is 1. The highest BCUT2D eigenvalue weighted by molar-refractivity contribution is 5.98. The minimum Gasteiger partial charge on any atom is -0.410 e. The van der Waals surface area contributed by atoms with E-state index in [2.05, 4.69) is 11.4 Å². The second-order valence-corrected chi connectivity index (χ2v) is 7.55. The van der Waals surface area contributed by atoms with Crippen LogP contribution < -0.4 is 15.1 Å². The SMILES string of the molecule is CC1C(C2(C#N)CCOCC2)=NN(c2ccccc2)C1NC(=O)Oc1ccccc1. The van der Waals surface area contributed by atoms with Crippen LogP contribution in [0.5, 0.6) is 5.75 Å². The summed E-state index contributed by atoms with van der Waals surface area (Å²) in [6, 6.07) is 21.0. The number of amides is 1. The van der Waals surface area contributed by atoms with Crippen molar-refractivity contribution < 1.29 is 14.3 Å². The molecule has 2 unspecified atom stereocenters. The van der Waals surface area contributed by atoms with Crippen LogP contribution in [0.15, 0.2) is 65.8 Å². The van der Waals surface area contributed by atoms with Crippen molar-refractivity contribution in [1.82, 2.24) is 5.32 Å². The lowest BCUT2D eigenvalue weighted by Crippen LogP contribution is -2.50. The standard InChI is InChI=1S/C23H24N4O3/c1-17-20(23(16-24)12-14-29-15-13-23)26-27(18-8-4-2-5-9-18)21(17)25-22(28)30-19-10-6-3-7-11-19/h2-11,17,21H,12-15H2,1H3,(H,25,28). The summed E-state index contributed by atoms with van der Waals surface area (Å²) >= 11 is 0. The summed E-state index contributed by atoms with van der Waals surface area (Å²) in [4.78, 5) is 12.6. The molecule has 1 amide bonds. The highest BCUT2D eigenvalue weighted by Crippen LogP contribution is 2.40. The average Bonchev–Trinajstić information content (AvgIpc) is 3.12. The molecule has 1 N–H and O–H groups in total. The zero-order chi connectivity index (χ0) is 21.0. The van der Waals surface area contributed by atoms with Gasteiger partial charge in [0.15, 0.2) is 0 Å². The van der Waals surface area contributed by atoms with Crippen molar-refractivity contribution >= 4 is 17.5 Å². The van der Waals surface area contributed by atoms with Crippen LogP contribution in [0.3, 0.4) is 0 Å². The van der Waals surface area contributed by atoms with Crippen molar-refractivity contribution in [1.29, 1.82) is 5.26 Å². The molecule has 0 spiro atoms. The molecule has 2 aromatic carbocycles. The van der Waals surface area contributed by atoms with Crippen LogP contribution in [0, 0.1) is 22.7 Å². The van der Waals surface area contributed by atoms with Crippen LogP contribution in [0.4, 0.5) is 10.5 Å². The molecule has 2 aliphatic heterocycles. The van der Waals surface area contributed by atoms with Crippen molar-refractivity contribution in [3.05, 3.63) is 60.7 Å². The van der Waals surface area contributed by atoms with Gasteiger partial charge in [0.25, 0.3) is 0 Å². The molecule has 7 nitrogen and oxygen atoms in total. The van der Waals surface area contributed by atoms with E-state index in [1.165, 1.54) is 0 Å². The van der Waals surface area contributed by atoms with Gasteiger partial charge in [-0.15, -0.1) is 0 Å². The third kappa shape index (κ3) is 3.87. The largest absolute Gasteiger partial charge is 0.414 e. The van der Waals surface area contributed by atoms with E-state index in [0.717, 1.165) is 11.4 Å². The fourth-order valence-electron chi connectivity index (χ4n) is 4.04. The van der Waals surface area contributed by atoms with Crippen molar-refractivity contribution in [3.63, 3.8) is 0 Å². The van der Waals surface area contributed by atoms with Crippen LogP contribution in [0.1, 0.15) is 19.8 Å². The second-order valence-electron chi connectivity index (χ2n) is 7.55. The van der Waals surface area contributed by atoms with Crippen molar-refractivity contribution in [3.8, 4) is 11.8 Å². The number of hydrazone groups is 1. The first-order valence-electron chi connectivity index (χ1n) is 10.1. The lowest BCUT2D eigenvalue weighted by atomic mass is 9.73. The summed E-state index contributed by atoms with van der Waals surface area (Å²) in [7, 11) is 0. The first kappa shape index (κ1) is 19.9. The number of carbonyl (C=O) groups is 1. The second kappa shape index (κ2) is 8.56. The van der Waals surface area contributed by atoms with E-state index >= 15 is 0 Å². The van der Waals surface area contributed by atoms with Gasteiger partial charge in [-0.2, -0.15) is 10.4 Å². The smallest absolute Gasteiger partial charge is 0.410 e. The Labute approximate surface area is 175 Å². The van der Waals surface area contributed by atoms with Crippen molar-refractivity contribution in [2.75, 3.05) is 18.2 Å². The quantitative estimate of drug-likeness (QED) is 0.834. The third-order valence-corrected chi connectivity index (χ3v) is 5.67. The van der Waals surface area contributed by atoms with Crippen molar-refractivity contribution in [2.24, 2.45) is 16.4 Å². The van der Waals surface area contributed by atoms with E-state index in [0.29, 0.717) is 31.8 Å². The Morgan fingerprint density at radius 1 is 1.17 bits per heavy atom. The molecule has 0 radical (unpaired) electrons. The summed E-state index contributed by atoms with van der Waals surface area (Å²) in [5, 5.41) is 19.6. The maximum absolute atomic E-state index is 12.6. The van der Waals surface area contributed by atoms with Gasteiger partial charge in [0.2, 0.25) is 0 Å². The lowest BCUT2D eigenvalue weighted by molar-refractivity contribution is 0.0630. The van der Waals surface area contributed by atoms with Crippen LogP contribution in [-0.2, 0) is 4.74 Å². The zero-order valence-corrected chi connectivity index (χ0v) is 16.8. The predicted molar refractivity (Wildman–Crippen MR) is 113 cm³/mol. The van der Waals surface area contributed by atoms with E-state index < -0.39 is 17.7 Å². The Kier molecular flexibility index (Phi) is 5.68. The van der Waals surface area contributed by atoms with Gasteiger partial charge in [-0.3, -0.25) is 5.32 Å². The number of nitrogens with one attached hydrogen (secondary N) is 1. The Morgan fingerprint density at radius 2 is 1.80 bits per heavy atom. The number of nitrogens with zero attached hydrogens (tertiary/aromatic N) is 3. The van der Waals surface area contributed by atoms with Gasteiger partial charge in [0.05, 0.1) is 17.5 Å². The van der Waals surface area contributed by atoms with E-state index in [9.17, 15) is 10.1 Å². The summed E-state index contributed by atoms with van der Waals surface area (Å²) in [5.41, 5.74) is 0.927. The molecule has 1 saturated heterocycles. The molecule has 2 aliphatic rings. The van der Waals surface area contributed by atoms with E-state index in [1.54, 1.807) is 29.3 Å². The molecule has 0 saturated carbocycles. The number of rotatable bonds is 4. The first-order chi connectivity index (χ1) is 14.6. The Balaban J connectivity index is 1.62. The van der Waals surface area contributed by atoms with Gasteiger partial charge in [-0.1, -0.05) is 43.3 Å². The molecule has 0 bridgehead atoms. The van der Waals surface area contributed by atoms with Crippen LogP contribution in [-0.4, -0.2) is 31.2 Å². The summed E-state index contributed by atoms with van der Waals surface area (Å²) in [5.74, 6) is 0.289. The molecule has 1 fully saturated rings. The molecule has 4 rings (SSSR count). The fourth-order valence-corrected chi connectivity index (χ4v) is 4.04. The number of hydrogen-bond acceptors (Lipinski definition) is 6. The van der Waals surface area contributed by atoms with E-state index in [4.69, 9.17) is 14.6 Å². The molecule has 0 aromatic heterocycles. The summed E-state index contributed by atoms with van der Waals surface area (Å²) < 4.78 is 10.9. The maximum atomic E-state index is 12.6. The first-order valence-corrected chi connectivity index (χ1v) is 10.1. The summed E-state index contributed by atoms with van der Waals surface area (Å²) in [6.07, 6.45) is 0.160. The Hall–Kier alpha value is -3.37. The molecule has 30 heavy (non-hydrogen) atoms. The number of carbonyl (C=O) groups excluding carboxylic acids is 1. The number of benzene rings is 2.